The van der Waals surface area contributed by atoms with Crippen molar-refractivity contribution in [1.29, 1.82) is 0 Å². The number of nitrogens with zero attached hydrogens (tertiary/aromatic N) is 2. The van der Waals surface area contributed by atoms with Gasteiger partial charge in [-0.15, -0.1) is 11.3 Å². The number of furan rings is 1. The van der Waals surface area contributed by atoms with Crippen molar-refractivity contribution in [2.24, 2.45) is 0 Å². The molecular weight excluding hydrogens is 725 g/mol. The molecule has 14 rings (SSSR count). The monoisotopic (exact) mass is 752 g/mol. The van der Waals surface area contributed by atoms with Crippen LogP contribution in [-0.2, 0) is 0 Å². The second-order valence-electron chi connectivity index (χ2n) is 15.6. The molecule has 0 saturated carbocycles. The molecule has 1 aliphatic carbocycles. The Bertz CT molecular complexity index is 3940. The topological polar surface area (TPSA) is 38.9 Å². The van der Waals surface area contributed by atoms with Crippen LogP contribution in [0.3, 0.4) is 0 Å². The molecule has 0 bridgehead atoms. The van der Waals surface area contributed by atoms with E-state index in [4.69, 9.17) is 14.4 Å². The summed E-state index contributed by atoms with van der Waals surface area (Å²) < 4.78 is 9.19. The zero-order valence-electron chi connectivity index (χ0n) is 30.9. The van der Waals surface area contributed by atoms with Gasteiger partial charge in [0.15, 0.2) is 5.82 Å². The van der Waals surface area contributed by atoms with Crippen LogP contribution < -0.4 is 0 Å². The van der Waals surface area contributed by atoms with Gasteiger partial charge in [0, 0.05) is 52.8 Å². The molecule has 3 heterocycles. The molecule has 0 saturated heterocycles. The molecule has 0 unspecified atom stereocenters. The minimum atomic E-state index is 0.726. The highest BCUT2D eigenvalue weighted by atomic mass is 32.1. The summed E-state index contributed by atoms with van der Waals surface area (Å²) in [7, 11) is 0. The number of para-hydroxylation sites is 1. The van der Waals surface area contributed by atoms with Gasteiger partial charge in [-0.1, -0.05) is 127 Å². The van der Waals surface area contributed by atoms with Crippen molar-refractivity contribution >= 4 is 107 Å². The quantitative estimate of drug-likeness (QED) is 0.169. The molecule has 1 aliphatic rings. The van der Waals surface area contributed by atoms with Gasteiger partial charge in [0.05, 0.1) is 11.2 Å². The first kappa shape index (κ1) is 30.8. The van der Waals surface area contributed by atoms with Crippen molar-refractivity contribution in [2.75, 3.05) is 0 Å². The number of rotatable bonds is 3. The van der Waals surface area contributed by atoms with Crippen LogP contribution in [0.4, 0.5) is 0 Å². The largest absolute Gasteiger partial charge is 0.456 e. The van der Waals surface area contributed by atoms with E-state index < -0.39 is 0 Å². The van der Waals surface area contributed by atoms with E-state index in [0.29, 0.717) is 0 Å². The van der Waals surface area contributed by atoms with Gasteiger partial charge in [-0.2, -0.15) is 0 Å². The first-order valence-corrected chi connectivity index (χ1v) is 20.5. The molecule has 3 aromatic heterocycles. The minimum absolute atomic E-state index is 0.726. The van der Waals surface area contributed by atoms with Gasteiger partial charge in [-0.05, 0) is 102 Å². The Labute approximate surface area is 335 Å². The summed E-state index contributed by atoms with van der Waals surface area (Å²) >= 11 is 1.89. The van der Waals surface area contributed by atoms with Gasteiger partial charge in [0.2, 0.25) is 0 Å². The van der Waals surface area contributed by atoms with E-state index in [1.807, 2.05) is 23.5 Å². The van der Waals surface area contributed by atoms with Crippen LogP contribution in [0.5, 0.6) is 0 Å². The van der Waals surface area contributed by atoms with E-state index in [-0.39, 0.29) is 0 Å². The lowest BCUT2D eigenvalue weighted by Gasteiger charge is -2.16. The average molecular weight is 753 g/mol. The Morgan fingerprint density at radius 3 is 1.90 bits per heavy atom. The van der Waals surface area contributed by atoms with E-state index in [1.165, 1.54) is 96.3 Å². The number of benzene rings is 10. The summed E-state index contributed by atoms with van der Waals surface area (Å²) in [5.74, 6) is 0.726. The van der Waals surface area contributed by atoms with Gasteiger partial charge in [-0.3, -0.25) is 0 Å². The molecule has 0 radical (unpaired) electrons. The maximum absolute atomic E-state index is 6.56. The number of thiophene rings is 1. The van der Waals surface area contributed by atoms with E-state index in [0.717, 1.165) is 44.7 Å². The molecule has 58 heavy (non-hydrogen) atoms. The van der Waals surface area contributed by atoms with E-state index >= 15 is 0 Å². The molecule has 0 fully saturated rings. The third-order valence-electron chi connectivity index (χ3n) is 12.6. The van der Waals surface area contributed by atoms with Crippen molar-refractivity contribution in [3.63, 3.8) is 0 Å². The van der Waals surface area contributed by atoms with Crippen LogP contribution in [0.15, 0.2) is 174 Å². The number of hydrogen-bond donors (Lipinski definition) is 0. The number of fused-ring (bicyclic) bond motifs is 8. The summed E-state index contributed by atoms with van der Waals surface area (Å²) in [6.07, 6.45) is 0. The smallest absolute Gasteiger partial charge is 0.160 e. The van der Waals surface area contributed by atoms with Crippen LogP contribution in [0, 0.1) is 0 Å². The van der Waals surface area contributed by atoms with Gasteiger partial charge in [0.25, 0.3) is 0 Å². The summed E-state index contributed by atoms with van der Waals surface area (Å²) in [5, 5.41) is 16.1. The Morgan fingerprint density at radius 1 is 0.379 bits per heavy atom. The fourth-order valence-electron chi connectivity index (χ4n) is 10.1. The van der Waals surface area contributed by atoms with Crippen molar-refractivity contribution in [1.82, 2.24) is 9.97 Å². The predicted molar refractivity (Wildman–Crippen MR) is 245 cm³/mol. The average Bonchev–Trinajstić information content (AvgIpc) is 3.83. The second kappa shape index (κ2) is 11.1. The lowest BCUT2D eigenvalue weighted by molar-refractivity contribution is 0.669. The number of hydrogen-bond acceptors (Lipinski definition) is 4. The fourth-order valence-corrected chi connectivity index (χ4v) is 11.2. The molecule has 3 nitrogen and oxygen atoms in total. The minimum Gasteiger partial charge on any atom is -0.456 e. The maximum atomic E-state index is 6.56. The first-order valence-electron chi connectivity index (χ1n) is 19.7. The Kier molecular flexibility index (Phi) is 5.91. The molecule has 4 heteroatoms. The van der Waals surface area contributed by atoms with Crippen LogP contribution in [0.1, 0.15) is 0 Å². The molecule has 0 N–H and O–H groups in total. The lowest BCUT2D eigenvalue weighted by Crippen LogP contribution is -1.95. The van der Waals surface area contributed by atoms with E-state index in [2.05, 4.69) is 158 Å². The van der Waals surface area contributed by atoms with Gasteiger partial charge >= 0.3 is 0 Å². The standard InChI is InChI=1S/C54H28N2OS/c1-2-9-30(10-3-1)53-38-13-6-7-15-42(38)55-54(56-53)32-18-22-37-36-21-17-31(27-40(36)34-11-4-5-12-35(34)41(37)28-32)33-23-26-46-52-48(33)39-14-8-16-43-49(39)50-44(57-43)24-19-29-20-25-45(58-46)51(52)47(29)50/h1-28H. The van der Waals surface area contributed by atoms with Crippen LogP contribution in [-0.4, -0.2) is 9.97 Å². The van der Waals surface area contributed by atoms with Crippen LogP contribution >= 0.6 is 11.3 Å². The number of aromatic nitrogens is 2. The van der Waals surface area contributed by atoms with Crippen molar-refractivity contribution < 1.29 is 4.42 Å². The highest BCUT2D eigenvalue weighted by Crippen LogP contribution is 2.54. The van der Waals surface area contributed by atoms with Crippen molar-refractivity contribution in [3.8, 4) is 44.9 Å². The molecule has 0 atom stereocenters. The summed E-state index contributed by atoms with van der Waals surface area (Å²) in [6, 6.07) is 61.6. The predicted octanol–water partition coefficient (Wildman–Crippen LogP) is 15.5. The Morgan fingerprint density at radius 2 is 1.05 bits per heavy atom. The summed E-state index contributed by atoms with van der Waals surface area (Å²) in [6.45, 7) is 0. The molecule has 0 aliphatic heterocycles. The zero-order valence-corrected chi connectivity index (χ0v) is 31.7. The van der Waals surface area contributed by atoms with Gasteiger partial charge in [-0.25, -0.2) is 9.97 Å². The maximum Gasteiger partial charge on any atom is 0.160 e. The second-order valence-corrected chi connectivity index (χ2v) is 16.6. The van der Waals surface area contributed by atoms with Crippen LogP contribution in [0.2, 0.25) is 0 Å². The van der Waals surface area contributed by atoms with Gasteiger partial charge in [0.1, 0.15) is 11.2 Å². The molecule has 0 spiro atoms. The lowest BCUT2D eigenvalue weighted by atomic mass is 9.87. The van der Waals surface area contributed by atoms with Crippen molar-refractivity contribution in [3.05, 3.63) is 170 Å². The van der Waals surface area contributed by atoms with E-state index in [9.17, 15) is 0 Å². The Balaban J connectivity index is 1.02. The molecular formula is C54H28N2OS. The summed E-state index contributed by atoms with van der Waals surface area (Å²) in [4.78, 5) is 10.3. The third kappa shape index (κ3) is 4.02. The Hall–Kier alpha value is -7.40. The van der Waals surface area contributed by atoms with Crippen LogP contribution in [0.25, 0.3) is 141 Å². The zero-order chi connectivity index (χ0) is 37.6. The molecule has 13 aromatic rings. The van der Waals surface area contributed by atoms with Crippen molar-refractivity contribution in [2.45, 2.75) is 0 Å². The highest BCUT2D eigenvalue weighted by Gasteiger charge is 2.26. The molecule has 0 amide bonds. The summed E-state index contributed by atoms with van der Waals surface area (Å²) in [5.41, 5.74) is 10.8. The fraction of sp³-hybridized carbons (Fsp3) is 0. The first-order chi connectivity index (χ1) is 28.7. The molecule has 266 valence electrons. The highest BCUT2D eigenvalue weighted by molar-refractivity contribution is 7.26. The SMILES string of the molecule is c1ccc(-c2nc(-c3ccc4c5ccc(-c6ccc7sc8ccc9ccc%10oc%11cccc%12c%11c%10c9c8c7c6-%12)cc5c5ccccc5c4c3)nc3ccccc23)cc1. The molecule has 10 aromatic carbocycles. The third-order valence-corrected chi connectivity index (χ3v) is 13.7. The normalized spacial score (nSPS) is 12.5. The van der Waals surface area contributed by atoms with Gasteiger partial charge < -0.3 is 4.42 Å². The van der Waals surface area contributed by atoms with E-state index in [1.54, 1.807) is 0 Å².